The first-order valence-corrected chi connectivity index (χ1v) is 16.6. The number of ether oxygens (including phenoxy) is 1. The predicted octanol–water partition coefficient (Wildman–Crippen LogP) is 5.35. The lowest BCUT2D eigenvalue weighted by Gasteiger charge is -2.32. The maximum absolute atomic E-state index is 13.7. The van der Waals surface area contributed by atoms with Gasteiger partial charge in [0.05, 0.1) is 10.6 Å². The van der Waals surface area contributed by atoms with E-state index >= 15 is 0 Å². The first kappa shape index (κ1) is 33.7. The lowest BCUT2D eigenvalue weighted by atomic mass is 10.00. The van der Waals surface area contributed by atoms with Crippen LogP contribution in [0, 0.1) is 19.8 Å². The molecule has 0 saturated carbocycles. The molecule has 0 spiro atoms. The molecule has 2 aromatic carbocycles. The van der Waals surface area contributed by atoms with Gasteiger partial charge in [-0.2, -0.15) is 0 Å². The van der Waals surface area contributed by atoms with Gasteiger partial charge in [0.2, 0.25) is 5.95 Å². The third kappa shape index (κ3) is 8.50. The van der Waals surface area contributed by atoms with Crippen molar-refractivity contribution in [1.29, 1.82) is 0 Å². The number of aromatic nitrogens is 2. The Morgan fingerprint density at radius 2 is 1.71 bits per heavy atom. The van der Waals surface area contributed by atoms with Gasteiger partial charge in [-0.25, -0.2) is 22.9 Å². The van der Waals surface area contributed by atoms with Crippen LogP contribution >= 0.6 is 0 Å². The number of aromatic amines is 1. The summed E-state index contributed by atoms with van der Waals surface area (Å²) in [7, 11) is -4.23. The molecule has 12 heteroatoms. The number of H-pyrrole nitrogens is 1. The molecule has 2 heterocycles. The van der Waals surface area contributed by atoms with Gasteiger partial charge in [-0.05, 0) is 82.7 Å². The van der Waals surface area contributed by atoms with Gasteiger partial charge >= 0.3 is 6.09 Å². The summed E-state index contributed by atoms with van der Waals surface area (Å²) in [6.45, 7) is 14.4. The Morgan fingerprint density at radius 3 is 2.36 bits per heavy atom. The third-order valence-corrected chi connectivity index (χ3v) is 8.88. The molecule has 4 rings (SSSR count). The van der Waals surface area contributed by atoms with Gasteiger partial charge in [0.15, 0.2) is 0 Å². The number of hydrogen-bond acceptors (Lipinski definition) is 7. The zero-order valence-corrected chi connectivity index (χ0v) is 27.8. The molecule has 11 nitrogen and oxygen atoms in total. The van der Waals surface area contributed by atoms with Crippen LogP contribution in [0.3, 0.4) is 0 Å². The summed E-state index contributed by atoms with van der Waals surface area (Å²) in [4.78, 5) is 49.2. The van der Waals surface area contributed by atoms with E-state index in [1.165, 1.54) is 24.3 Å². The summed E-state index contributed by atoms with van der Waals surface area (Å²) < 4.78 is 34.9. The summed E-state index contributed by atoms with van der Waals surface area (Å²) >= 11 is 0. The molecule has 45 heavy (non-hydrogen) atoms. The molecular formula is C33H43N5O6S. The minimum absolute atomic E-state index is 0.0950. The van der Waals surface area contributed by atoms with E-state index in [1.54, 1.807) is 15.9 Å². The van der Waals surface area contributed by atoms with Gasteiger partial charge in [-0.15, -0.1) is 0 Å². The fourth-order valence-electron chi connectivity index (χ4n) is 5.55. The Kier molecular flexibility index (Phi) is 10.1. The van der Waals surface area contributed by atoms with Crippen molar-refractivity contribution in [3.05, 3.63) is 75.6 Å². The molecule has 1 aliphatic rings. The van der Waals surface area contributed by atoms with E-state index in [0.29, 0.717) is 31.1 Å². The van der Waals surface area contributed by atoms with Crippen LogP contribution in [0.1, 0.15) is 68.9 Å². The van der Waals surface area contributed by atoms with Crippen LogP contribution in [0.5, 0.6) is 0 Å². The Hall–Kier alpha value is -4.19. The Balaban J connectivity index is 1.55. The highest BCUT2D eigenvalue weighted by molar-refractivity contribution is 7.92. The van der Waals surface area contributed by atoms with Crippen molar-refractivity contribution >= 4 is 28.0 Å². The maximum Gasteiger partial charge on any atom is 0.410 e. The van der Waals surface area contributed by atoms with Crippen molar-refractivity contribution in [2.75, 3.05) is 24.4 Å². The van der Waals surface area contributed by atoms with E-state index in [1.807, 2.05) is 52.8 Å². The van der Waals surface area contributed by atoms with Gasteiger partial charge in [0, 0.05) is 42.9 Å². The smallest absolute Gasteiger partial charge is 0.410 e. The Labute approximate surface area is 265 Å². The lowest BCUT2D eigenvalue weighted by molar-refractivity contribution is 0.0151. The highest BCUT2D eigenvalue weighted by Crippen LogP contribution is 2.26. The number of nitrogens with zero attached hydrogens (tertiary/aromatic N) is 3. The number of carbonyl (C=O) groups is 2. The van der Waals surface area contributed by atoms with Crippen LogP contribution in [-0.2, 0) is 14.8 Å². The number of nitrogens with one attached hydrogen (secondary N) is 2. The predicted molar refractivity (Wildman–Crippen MR) is 174 cm³/mol. The number of aryl methyl sites for hydroxylation is 2. The number of benzene rings is 2. The van der Waals surface area contributed by atoms with E-state index in [0.717, 1.165) is 23.1 Å². The second-order valence-corrected chi connectivity index (χ2v) is 14.6. The first-order valence-electron chi connectivity index (χ1n) is 15.1. The average Bonchev–Trinajstić information content (AvgIpc) is 3.13. The molecule has 242 valence electrons. The second-order valence-electron chi connectivity index (χ2n) is 12.9. The van der Waals surface area contributed by atoms with E-state index in [4.69, 9.17) is 4.74 Å². The van der Waals surface area contributed by atoms with Crippen molar-refractivity contribution in [2.45, 2.75) is 77.8 Å². The summed E-state index contributed by atoms with van der Waals surface area (Å²) in [5.74, 6) is -0.241. The molecule has 3 aromatic rings. The van der Waals surface area contributed by atoms with E-state index in [9.17, 15) is 22.8 Å². The molecule has 0 bridgehead atoms. The average molecular weight is 638 g/mol. The zero-order valence-electron chi connectivity index (χ0n) is 27.0. The van der Waals surface area contributed by atoms with Crippen molar-refractivity contribution in [3.8, 4) is 11.3 Å². The number of hydrogen-bond donors (Lipinski definition) is 2. The molecule has 1 aliphatic heterocycles. The SMILES string of the molecule is Cc1cccc(C)c1-c1cc(=O)[nH]c(NS(=O)(=O)c2cccc(C(=O)N3CC[C@@H](CC(C)C)N(C(=O)OC(C)(C)C)CC3)c2)n1. The minimum Gasteiger partial charge on any atom is -0.444 e. The lowest BCUT2D eigenvalue weighted by Crippen LogP contribution is -2.45. The quantitative estimate of drug-likeness (QED) is 0.356. The van der Waals surface area contributed by atoms with E-state index < -0.39 is 27.3 Å². The van der Waals surface area contributed by atoms with Gasteiger partial charge in [-0.1, -0.05) is 38.1 Å². The molecule has 1 fully saturated rings. The maximum atomic E-state index is 13.7. The fraction of sp³-hybridized carbons (Fsp3) is 0.455. The highest BCUT2D eigenvalue weighted by atomic mass is 32.2. The van der Waals surface area contributed by atoms with Crippen LogP contribution in [0.25, 0.3) is 11.3 Å². The van der Waals surface area contributed by atoms with Gasteiger partial charge < -0.3 is 14.5 Å². The number of carbonyl (C=O) groups excluding carboxylic acids is 2. The van der Waals surface area contributed by atoms with Crippen molar-refractivity contribution in [1.82, 2.24) is 19.8 Å². The van der Waals surface area contributed by atoms with Crippen molar-refractivity contribution < 1.29 is 22.7 Å². The number of amides is 2. The molecule has 2 N–H and O–H groups in total. The van der Waals surface area contributed by atoms with E-state index in [2.05, 4.69) is 28.5 Å². The first-order chi connectivity index (χ1) is 21.0. The van der Waals surface area contributed by atoms with Gasteiger partial charge in [0.25, 0.3) is 21.5 Å². The van der Waals surface area contributed by atoms with E-state index in [-0.39, 0.29) is 34.9 Å². The normalized spacial score (nSPS) is 16.0. The summed E-state index contributed by atoms with van der Waals surface area (Å²) in [5.41, 5.74) is 1.90. The molecule has 0 unspecified atom stereocenters. The molecule has 1 atom stereocenters. The van der Waals surface area contributed by atoms with Crippen molar-refractivity contribution in [3.63, 3.8) is 0 Å². The third-order valence-electron chi connectivity index (χ3n) is 7.54. The second kappa shape index (κ2) is 13.4. The molecule has 0 radical (unpaired) electrons. The molecular weight excluding hydrogens is 594 g/mol. The van der Waals surface area contributed by atoms with Crippen LogP contribution in [0.15, 0.2) is 58.2 Å². The number of rotatable bonds is 7. The largest absolute Gasteiger partial charge is 0.444 e. The molecule has 2 amide bonds. The standard InChI is InChI=1S/C33H43N5O6S/c1-21(2)18-25-14-15-37(16-17-38(25)32(41)44-33(5,6)7)30(40)24-12-9-13-26(19-24)45(42,43)36-31-34-27(20-28(39)35-31)29-22(3)10-8-11-23(29)4/h8-13,19-21,25H,14-18H2,1-7H3,(H2,34,35,36,39)/t25-/m0/s1. The summed E-state index contributed by atoms with van der Waals surface area (Å²) in [6, 6.07) is 12.6. The van der Waals surface area contributed by atoms with Crippen LogP contribution in [0.2, 0.25) is 0 Å². The van der Waals surface area contributed by atoms with Gasteiger partial charge in [-0.3, -0.25) is 14.6 Å². The van der Waals surface area contributed by atoms with Crippen LogP contribution in [0.4, 0.5) is 10.7 Å². The van der Waals surface area contributed by atoms with Crippen molar-refractivity contribution in [2.24, 2.45) is 5.92 Å². The molecule has 1 aromatic heterocycles. The summed E-state index contributed by atoms with van der Waals surface area (Å²) in [6.07, 6.45) is 0.926. The Bertz CT molecular complexity index is 1710. The monoisotopic (exact) mass is 637 g/mol. The molecule has 1 saturated heterocycles. The number of sulfonamides is 1. The van der Waals surface area contributed by atoms with Gasteiger partial charge in [0.1, 0.15) is 5.60 Å². The molecule has 0 aliphatic carbocycles. The fourth-order valence-corrected chi connectivity index (χ4v) is 6.56. The summed E-state index contributed by atoms with van der Waals surface area (Å²) in [5, 5.41) is 0. The zero-order chi connectivity index (χ0) is 33.1. The Morgan fingerprint density at radius 1 is 1.04 bits per heavy atom. The van der Waals surface area contributed by atoms with Crippen LogP contribution in [-0.4, -0.2) is 71.5 Å². The van der Waals surface area contributed by atoms with Crippen LogP contribution < -0.4 is 10.3 Å². The topological polar surface area (TPSA) is 142 Å². The highest BCUT2D eigenvalue weighted by Gasteiger charge is 2.33. The minimum atomic E-state index is -4.23. The number of anilines is 1.